The summed E-state index contributed by atoms with van der Waals surface area (Å²) in [7, 11) is 0. The van der Waals surface area contributed by atoms with Crippen molar-refractivity contribution in [3.8, 4) is 0 Å². The summed E-state index contributed by atoms with van der Waals surface area (Å²) in [4.78, 5) is 24.2. The second-order valence-corrected chi connectivity index (χ2v) is 4.64. The molecule has 0 fully saturated rings. The zero-order chi connectivity index (χ0) is 18.3. The van der Waals surface area contributed by atoms with E-state index in [-0.39, 0.29) is 5.91 Å². The fourth-order valence-corrected chi connectivity index (χ4v) is 1.87. The highest BCUT2D eigenvalue weighted by Gasteiger charge is 2.38. The molecule has 2 rings (SSSR count). The van der Waals surface area contributed by atoms with Crippen molar-refractivity contribution in [3.05, 3.63) is 42.7 Å². The molecule has 0 aliphatic carbocycles. The van der Waals surface area contributed by atoms with Gasteiger partial charge < -0.3 is 15.0 Å². The normalized spacial score (nSPS) is 10.7. The number of hydrogen-bond acceptors (Lipinski definition) is 3. The molecule has 0 atom stereocenters. The first-order valence-electron chi connectivity index (χ1n) is 6.78. The molecule has 0 aliphatic rings. The van der Waals surface area contributed by atoms with Gasteiger partial charge in [-0.05, 0) is 31.2 Å². The molecule has 0 aromatic carbocycles. The Morgan fingerprint density at radius 3 is 2.62 bits per heavy atom. The number of fused-ring (bicyclic) bond motifs is 1. The Bertz CT molecular complexity index is 738. The lowest BCUT2D eigenvalue weighted by Crippen LogP contribution is -2.25. The Balaban J connectivity index is 0.000000351. The van der Waals surface area contributed by atoms with Crippen LogP contribution in [0.1, 0.15) is 5.69 Å². The molecule has 0 unspecified atom stereocenters. The van der Waals surface area contributed by atoms with Crippen LogP contribution in [0.2, 0.25) is 0 Å². The lowest BCUT2D eigenvalue weighted by molar-refractivity contribution is -0.192. The highest BCUT2D eigenvalue weighted by molar-refractivity contribution is 5.86. The van der Waals surface area contributed by atoms with Crippen LogP contribution in [0.25, 0.3) is 11.0 Å². The topological polar surface area (TPSA) is 84.2 Å². The van der Waals surface area contributed by atoms with Crippen LogP contribution in [0.4, 0.5) is 13.2 Å². The third-order valence-corrected chi connectivity index (χ3v) is 2.94. The molecule has 0 saturated heterocycles. The molecule has 9 heteroatoms. The second-order valence-electron chi connectivity index (χ2n) is 4.64. The minimum Gasteiger partial charge on any atom is -0.475 e. The molecule has 2 aromatic heterocycles. The molecular formula is C15H16F3N3O3. The predicted octanol–water partition coefficient (Wildman–Crippen LogP) is 2.28. The number of pyridine rings is 1. The van der Waals surface area contributed by atoms with E-state index in [0.29, 0.717) is 6.54 Å². The first-order valence-corrected chi connectivity index (χ1v) is 6.78. The Morgan fingerprint density at radius 2 is 2.08 bits per heavy atom. The van der Waals surface area contributed by atoms with E-state index >= 15 is 0 Å². The van der Waals surface area contributed by atoms with Crippen molar-refractivity contribution in [2.24, 2.45) is 0 Å². The fourth-order valence-electron chi connectivity index (χ4n) is 1.87. The number of alkyl halides is 3. The van der Waals surface area contributed by atoms with E-state index in [2.05, 4.69) is 21.4 Å². The number of amides is 1. The van der Waals surface area contributed by atoms with Crippen molar-refractivity contribution >= 4 is 22.9 Å². The van der Waals surface area contributed by atoms with Gasteiger partial charge in [-0.15, -0.1) is 0 Å². The summed E-state index contributed by atoms with van der Waals surface area (Å²) in [6.45, 7) is 6.78. The summed E-state index contributed by atoms with van der Waals surface area (Å²) in [5.74, 6) is -2.90. The van der Waals surface area contributed by atoms with Gasteiger partial charge in [0.1, 0.15) is 0 Å². The van der Waals surface area contributed by atoms with Crippen molar-refractivity contribution in [2.75, 3.05) is 6.54 Å². The maximum Gasteiger partial charge on any atom is 0.490 e. The van der Waals surface area contributed by atoms with Gasteiger partial charge in [0.05, 0.1) is 11.0 Å². The summed E-state index contributed by atoms with van der Waals surface area (Å²) < 4.78 is 33.9. The van der Waals surface area contributed by atoms with Gasteiger partial charge in [-0.3, -0.25) is 9.78 Å². The molecule has 6 nitrogen and oxygen atoms in total. The number of rotatable bonds is 4. The van der Waals surface area contributed by atoms with Crippen LogP contribution in [-0.2, 0) is 16.1 Å². The fraction of sp³-hybridized carbons (Fsp3) is 0.267. The van der Waals surface area contributed by atoms with Gasteiger partial charge in [0.25, 0.3) is 0 Å². The van der Waals surface area contributed by atoms with E-state index in [1.807, 2.05) is 25.1 Å². The maximum atomic E-state index is 11.0. The molecule has 0 aliphatic heterocycles. The lowest BCUT2D eigenvalue weighted by atomic mass is 10.4. The van der Waals surface area contributed by atoms with Crippen LogP contribution in [-0.4, -0.2) is 39.3 Å². The van der Waals surface area contributed by atoms with E-state index in [9.17, 15) is 18.0 Å². The van der Waals surface area contributed by atoms with Crippen LogP contribution >= 0.6 is 0 Å². The highest BCUT2D eigenvalue weighted by atomic mass is 19.4. The SMILES string of the molecule is C=CC(=O)NCCn1c(C)cc2ncccc21.O=C(O)C(F)(F)F. The monoisotopic (exact) mass is 343 g/mol. The largest absolute Gasteiger partial charge is 0.490 e. The van der Waals surface area contributed by atoms with Crippen molar-refractivity contribution in [2.45, 2.75) is 19.6 Å². The van der Waals surface area contributed by atoms with Gasteiger partial charge in [0.15, 0.2) is 0 Å². The minimum atomic E-state index is -5.08. The average Bonchev–Trinajstić information content (AvgIpc) is 2.82. The maximum absolute atomic E-state index is 11.0. The number of carbonyl (C=O) groups excluding carboxylic acids is 1. The molecule has 130 valence electrons. The third-order valence-electron chi connectivity index (χ3n) is 2.94. The number of aryl methyl sites for hydroxylation is 1. The number of carboxylic acid groups (broad SMARTS) is 1. The highest BCUT2D eigenvalue weighted by Crippen LogP contribution is 2.16. The molecular weight excluding hydrogens is 327 g/mol. The van der Waals surface area contributed by atoms with Crippen LogP contribution in [0.15, 0.2) is 37.1 Å². The van der Waals surface area contributed by atoms with Crippen molar-refractivity contribution in [1.29, 1.82) is 0 Å². The van der Waals surface area contributed by atoms with E-state index < -0.39 is 12.1 Å². The van der Waals surface area contributed by atoms with Gasteiger partial charge >= 0.3 is 12.1 Å². The van der Waals surface area contributed by atoms with Crippen LogP contribution in [0.5, 0.6) is 0 Å². The number of nitrogens with zero attached hydrogens (tertiary/aromatic N) is 2. The zero-order valence-electron chi connectivity index (χ0n) is 12.8. The number of nitrogens with one attached hydrogen (secondary N) is 1. The minimum absolute atomic E-state index is 0.141. The number of aliphatic carboxylic acids is 1. The molecule has 2 heterocycles. The molecule has 0 spiro atoms. The zero-order valence-corrected chi connectivity index (χ0v) is 12.8. The molecule has 0 radical (unpaired) electrons. The first-order chi connectivity index (χ1) is 11.2. The van der Waals surface area contributed by atoms with E-state index in [1.54, 1.807) is 6.20 Å². The molecule has 2 aromatic rings. The Labute approximate surface area is 135 Å². The molecule has 2 N–H and O–H groups in total. The standard InChI is InChI=1S/C13H15N3O.C2HF3O2/c1-3-13(17)15-7-8-16-10(2)9-11-12(16)5-4-6-14-11;3-2(4,5)1(6)7/h3-6,9H,1,7-8H2,2H3,(H,15,17);(H,6,7). The molecule has 1 amide bonds. The van der Waals surface area contributed by atoms with Crippen molar-refractivity contribution < 1.29 is 27.9 Å². The van der Waals surface area contributed by atoms with Crippen molar-refractivity contribution in [1.82, 2.24) is 14.9 Å². The number of aromatic nitrogens is 2. The average molecular weight is 343 g/mol. The van der Waals surface area contributed by atoms with Crippen molar-refractivity contribution in [3.63, 3.8) is 0 Å². The predicted molar refractivity (Wildman–Crippen MR) is 81.4 cm³/mol. The first kappa shape index (κ1) is 19.2. The van der Waals surface area contributed by atoms with Crippen LogP contribution < -0.4 is 5.32 Å². The van der Waals surface area contributed by atoms with Gasteiger partial charge in [-0.1, -0.05) is 6.58 Å². The quantitative estimate of drug-likeness (QED) is 0.834. The summed E-state index contributed by atoms with van der Waals surface area (Å²) in [5.41, 5.74) is 3.23. The number of carbonyl (C=O) groups is 2. The number of halogens is 3. The van der Waals surface area contributed by atoms with Gasteiger partial charge in [-0.25, -0.2) is 4.79 Å². The summed E-state index contributed by atoms with van der Waals surface area (Å²) in [6.07, 6.45) is -2.02. The molecule has 24 heavy (non-hydrogen) atoms. The van der Waals surface area contributed by atoms with E-state index in [4.69, 9.17) is 9.90 Å². The van der Waals surface area contributed by atoms with Gasteiger partial charge in [0, 0.05) is 25.0 Å². The van der Waals surface area contributed by atoms with Crippen LogP contribution in [0, 0.1) is 6.92 Å². The summed E-state index contributed by atoms with van der Waals surface area (Å²) >= 11 is 0. The van der Waals surface area contributed by atoms with Crippen LogP contribution in [0.3, 0.4) is 0 Å². The van der Waals surface area contributed by atoms with E-state index in [0.717, 1.165) is 23.3 Å². The molecule has 0 saturated carbocycles. The van der Waals surface area contributed by atoms with Gasteiger partial charge in [-0.2, -0.15) is 13.2 Å². The Kier molecular flexibility index (Phi) is 6.51. The van der Waals surface area contributed by atoms with E-state index in [1.165, 1.54) is 6.08 Å². The number of carboxylic acids is 1. The second kappa shape index (κ2) is 8.14. The molecule has 0 bridgehead atoms. The lowest BCUT2D eigenvalue weighted by Gasteiger charge is -2.08. The summed E-state index contributed by atoms with van der Waals surface area (Å²) in [5, 5.41) is 9.89. The number of hydrogen-bond donors (Lipinski definition) is 2. The Morgan fingerprint density at radius 1 is 1.46 bits per heavy atom. The van der Waals surface area contributed by atoms with Gasteiger partial charge in [0.2, 0.25) is 5.91 Å². The summed E-state index contributed by atoms with van der Waals surface area (Å²) in [6, 6.07) is 6.00. The third kappa shape index (κ3) is 5.41. The Hall–Kier alpha value is -2.84. The smallest absolute Gasteiger partial charge is 0.475 e.